The Hall–Kier alpha value is -2.14. The minimum absolute atomic E-state index is 0.0319. The molecule has 1 aromatic carbocycles. The Balaban J connectivity index is 1.92. The van der Waals surface area contributed by atoms with E-state index in [0.29, 0.717) is 11.4 Å². The first-order valence-corrected chi connectivity index (χ1v) is 6.78. The SMILES string of the molecule is CN1CCN(C(=O)c2cc(N)c3ccccc3n2)CC1. The van der Waals surface area contributed by atoms with E-state index in [0.717, 1.165) is 37.1 Å². The number of carbonyl (C=O) groups excluding carboxylic acids is 1. The van der Waals surface area contributed by atoms with Gasteiger partial charge in [0.25, 0.3) is 5.91 Å². The number of pyridine rings is 1. The highest BCUT2D eigenvalue weighted by atomic mass is 16.2. The molecule has 1 amide bonds. The van der Waals surface area contributed by atoms with E-state index in [4.69, 9.17) is 5.73 Å². The summed E-state index contributed by atoms with van der Waals surface area (Å²) in [5, 5.41) is 0.891. The maximum absolute atomic E-state index is 12.5. The van der Waals surface area contributed by atoms with Crippen LogP contribution in [-0.4, -0.2) is 53.9 Å². The molecular formula is C15H18N4O. The van der Waals surface area contributed by atoms with Crippen LogP contribution in [-0.2, 0) is 0 Å². The molecule has 5 nitrogen and oxygen atoms in total. The van der Waals surface area contributed by atoms with Gasteiger partial charge in [-0.05, 0) is 19.2 Å². The number of anilines is 1. The predicted octanol–water partition coefficient (Wildman–Crippen LogP) is 1.20. The summed E-state index contributed by atoms with van der Waals surface area (Å²) in [5.74, 6) is -0.0319. The van der Waals surface area contributed by atoms with Gasteiger partial charge in [0.1, 0.15) is 5.69 Å². The van der Waals surface area contributed by atoms with Gasteiger partial charge >= 0.3 is 0 Å². The Morgan fingerprint density at radius 1 is 1.20 bits per heavy atom. The Morgan fingerprint density at radius 3 is 2.65 bits per heavy atom. The maximum atomic E-state index is 12.5. The molecule has 1 aliphatic rings. The number of benzene rings is 1. The van der Waals surface area contributed by atoms with Crippen molar-refractivity contribution in [1.29, 1.82) is 0 Å². The van der Waals surface area contributed by atoms with Crippen LogP contribution in [0.15, 0.2) is 30.3 Å². The molecule has 5 heteroatoms. The summed E-state index contributed by atoms with van der Waals surface area (Å²) < 4.78 is 0. The van der Waals surface area contributed by atoms with Crippen molar-refractivity contribution in [2.24, 2.45) is 0 Å². The third-order valence-corrected chi connectivity index (χ3v) is 3.76. The first-order valence-electron chi connectivity index (χ1n) is 6.78. The van der Waals surface area contributed by atoms with Gasteiger partial charge in [-0.1, -0.05) is 18.2 Å². The van der Waals surface area contributed by atoms with Crippen LogP contribution in [0.1, 0.15) is 10.5 Å². The molecule has 2 heterocycles. The van der Waals surface area contributed by atoms with Crippen molar-refractivity contribution < 1.29 is 4.79 Å². The molecule has 2 aromatic rings. The second kappa shape index (κ2) is 5.09. The quantitative estimate of drug-likeness (QED) is 0.846. The number of fused-ring (bicyclic) bond motifs is 1. The van der Waals surface area contributed by atoms with Crippen LogP contribution in [0.2, 0.25) is 0 Å². The summed E-state index contributed by atoms with van der Waals surface area (Å²) in [7, 11) is 2.06. The number of nitrogens with two attached hydrogens (primary N) is 1. The van der Waals surface area contributed by atoms with Crippen LogP contribution < -0.4 is 5.73 Å². The molecule has 1 aromatic heterocycles. The van der Waals surface area contributed by atoms with Gasteiger partial charge in [-0.15, -0.1) is 0 Å². The highest BCUT2D eigenvalue weighted by Crippen LogP contribution is 2.21. The molecule has 1 fully saturated rings. The van der Waals surface area contributed by atoms with Crippen molar-refractivity contribution in [3.63, 3.8) is 0 Å². The standard InChI is InChI=1S/C15H18N4O/c1-18-6-8-19(9-7-18)15(20)14-10-12(16)11-4-2-3-5-13(11)17-14/h2-5,10H,6-9H2,1H3,(H2,16,17). The number of rotatable bonds is 1. The van der Waals surface area contributed by atoms with E-state index in [1.54, 1.807) is 6.07 Å². The van der Waals surface area contributed by atoms with Crippen molar-refractivity contribution in [3.05, 3.63) is 36.0 Å². The van der Waals surface area contributed by atoms with Gasteiger partial charge in [-0.2, -0.15) is 0 Å². The number of amides is 1. The smallest absolute Gasteiger partial charge is 0.272 e. The van der Waals surface area contributed by atoms with Crippen molar-refractivity contribution in [2.75, 3.05) is 39.0 Å². The first-order chi connectivity index (χ1) is 9.65. The lowest BCUT2D eigenvalue weighted by Crippen LogP contribution is -2.47. The van der Waals surface area contributed by atoms with Crippen LogP contribution in [0.5, 0.6) is 0 Å². The Kier molecular flexibility index (Phi) is 3.28. The Bertz CT molecular complexity index is 647. The lowest BCUT2D eigenvalue weighted by Gasteiger charge is -2.32. The number of piperazine rings is 1. The van der Waals surface area contributed by atoms with E-state index in [9.17, 15) is 4.79 Å². The summed E-state index contributed by atoms with van der Waals surface area (Å²) in [4.78, 5) is 21.0. The highest BCUT2D eigenvalue weighted by molar-refractivity contribution is 5.99. The fourth-order valence-electron chi connectivity index (χ4n) is 2.48. The van der Waals surface area contributed by atoms with Gasteiger partial charge in [-0.3, -0.25) is 4.79 Å². The number of hydrogen-bond acceptors (Lipinski definition) is 4. The number of nitrogens with zero attached hydrogens (tertiary/aromatic N) is 3. The molecule has 20 heavy (non-hydrogen) atoms. The highest BCUT2D eigenvalue weighted by Gasteiger charge is 2.22. The van der Waals surface area contributed by atoms with E-state index in [1.165, 1.54) is 0 Å². The summed E-state index contributed by atoms with van der Waals surface area (Å²) in [5.41, 5.74) is 7.84. The van der Waals surface area contributed by atoms with Crippen LogP contribution in [0.3, 0.4) is 0 Å². The topological polar surface area (TPSA) is 62.5 Å². The molecule has 0 unspecified atom stereocenters. The van der Waals surface area contributed by atoms with Gasteiger partial charge in [0.2, 0.25) is 0 Å². The zero-order valence-electron chi connectivity index (χ0n) is 11.5. The van der Waals surface area contributed by atoms with Crippen molar-refractivity contribution in [3.8, 4) is 0 Å². The largest absolute Gasteiger partial charge is 0.398 e. The number of carbonyl (C=O) groups is 1. The summed E-state index contributed by atoms with van der Waals surface area (Å²) >= 11 is 0. The van der Waals surface area contributed by atoms with Crippen LogP contribution in [0.4, 0.5) is 5.69 Å². The molecule has 2 N–H and O–H groups in total. The van der Waals surface area contributed by atoms with Crippen LogP contribution in [0.25, 0.3) is 10.9 Å². The third-order valence-electron chi connectivity index (χ3n) is 3.76. The van der Waals surface area contributed by atoms with Crippen LogP contribution in [0, 0.1) is 0 Å². The Morgan fingerprint density at radius 2 is 1.90 bits per heavy atom. The van der Waals surface area contributed by atoms with E-state index in [1.807, 2.05) is 29.2 Å². The average Bonchev–Trinajstić information content (AvgIpc) is 2.47. The minimum Gasteiger partial charge on any atom is -0.398 e. The molecule has 1 aliphatic heterocycles. The fourth-order valence-corrected chi connectivity index (χ4v) is 2.48. The van der Waals surface area contributed by atoms with Gasteiger partial charge in [0, 0.05) is 37.3 Å². The normalized spacial score (nSPS) is 16.6. The van der Waals surface area contributed by atoms with Crippen LogP contribution >= 0.6 is 0 Å². The number of likely N-dealkylation sites (N-methyl/N-ethyl adjacent to an activating group) is 1. The summed E-state index contributed by atoms with van der Waals surface area (Å²) in [6.07, 6.45) is 0. The molecule has 0 bridgehead atoms. The van der Waals surface area contributed by atoms with E-state index >= 15 is 0 Å². The molecule has 1 saturated heterocycles. The first kappa shape index (κ1) is 12.9. The molecule has 0 saturated carbocycles. The number of nitrogen functional groups attached to an aromatic ring is 1. The van der Waals surface area contributed by atoms with Crippen molar-refractivity contribution in [1.82, 2.24) is 14.8 Å². The van der Waals surface area contributed by atoms with E-state index < -0.39 is 0 Å². The maximum Gasteiger partial charge on any atom is 0.272 e. The predicted molar refractivity (Wildman–Crippen MR) is 79.6 cm³/mol. The zero-order chi connectivity index (χ0) is 14.1. The fraction of sp³-hybridized carbons (Fsp3) is 0.333. The second-order valence-electron chi connectivity index (χ2n) is 5.21. The zero-order valence-corrected chi connectivity index (χ0v) is 11.5. The lowest BCUT2D eigenvalue weighted by atomic mass is 10.1. The molecule has 0 spiro atoms. The molecular weight excluding hydrogens is 252 g/mol. The third kappa shape index (κ3) is 2.32. The minimum atomic E-state index is -0.0319. The van der Waals surface area contributed by atoms with E-state index in [2.05, 4.69) is 16.9 Å². The van der Waals surface area contributed by atoms with Crippen molar-refractivity contribution >= 4 is 22.5 Å². The molecule has 3 rings (SSSR count). The molecule has 104 valence electrons. The number of hydrogen-bond donors (Lipinski definition) is 1. The van der Waals surface area contributed by atoms with Gasteiger partial charge in [0.15, 0.2) is 0 Å². The van der Waals surface area contributed by atoms with Crippen molar-refractivity contribution in [2.45, 2.75) is 0 Å². The number of para-hydroxylation sites is 1. The molecule has 0 aliphatic carbocycles. The lowest BCUT2D eigenvalue weighted by molar-refractivity contribution is 0.0658. The monoisotopic (exact) mass is 270 g/mol. The molecule has 0 atom stereocenters. The van der Waals surface area contributed by atoms with Gasteiger partial charge in [0.05, 0.1) is 5.52 Å². The molecule has 0 radical (unpaired) electrons. The number of aromatic nitrogens is 1. The van der Waals surface area contributed by atoms with Gasteiger partial charge in [-0.25, -0.2) is 4.98 Å². The summed E-state index contributed by atoms with van der Waals surface area (Å²) in [6.45, 7) is 3.27. The average molecular weight is 270 g/mol. The second-order valence-corrected chi connectivity index (χ2v) is 5.21. The van der Waals surface area contributed by atoms with Gasteiger partial charge < -0.3 is 15.5 Å². The Labute approximate surface area is 118 Å². The van der Waals surface area contributed by atoms with E-state index in [-0.39, 0.29) is 5.91 Å². The summed E-state index contributed by atoms with van der Waals surface area (Å²) in [6, 6.07) is 9.30.